The fourth-order valence-corrected chi connectivity index (χ4v) is 1.39. The van der Waals surface area contributed by atoms with Crippen LogP contribution in [-0.4, -0.2) is 52.5 Å². The summed E-state index contributed by atoms with van der Waals surface area (Å²) in [5.41, 5.74) is 1.18. The van der Waals surface area contributed by atoms with Gasteiger partial charge in [-0.3, -0.25) is 4.79 Å². The predicted octanol–water partition coefficient (Wildman–Crippen LogP) is -0.567. The van der Waals surface area contributed by atoms with Crippen LogP contribution in [0.5, 0.6) is 0 Å². The maximum absolute atomic E-state index is 11.7. The molecule has 0 amide bonds. The monoisotopic (exact) mass is 268 g/mol. The number of hydrogen-bond donors (Lipinski definition) is 3. The Bertz CT molecular complexity index is 427. The summed E-state index contributed by atoms with van der Waals surface area (Å²) in [6.45, 7) is 1.11. The number of esters is 1. The maximum Gasteiger partial charge on any atom is 0.338 e. The van der Waals surface area contributed by atoms with Gasteiger partial charge in [0.25, 0.3) is 0 Å². The number of rotatable bonds is 6. The van der Waals surface area contributed by atoms with Gasteiger partial charge in [0.2, 0.25) is 0 Å². The third-order valence-corrected chi connectivity index (χ3v) is 2.58. The van der Waals surface area contributed by atoms with Crippen LogP contribution in [0.1, 0.15) is 15.9 Å². The Labute approximate surface area is 110 Å². The Balaban J connectivity index is 2.73. The van der Waals surface area contributed by atoms with E-state index in [9.17, 15) is 19.8 Å². The van der Waals surface area contributed by atoms with Crippen molar-refractivity contribution in [3.63, 3.8) is 0 Å². The van der Waals surface area contributed by atoms with E-state index < -0.39 is 30.9 Å². The standard InChI is InChI=1S/C13H16O6/c1-8-2-4-9(5-3-8)13(18)19-11(7-15)12(17)10(16)6-14/h2-5,7,10-12,14,16-17H,6H2,1H3/t10-,11+,12-/m1/s1. The van der Waals surface area contributed by atoms with Crippen LogP contribution < -0.4 is 0 Å². The summed E-state index contributed by atoms with van der Waals surface area (Å²) < 4.78 is 4.78. The first-order chi connectivity index (χ1) is 8.99. The molecule has 0 saturated heterocycles. The van der Waals surface area contributed by atoms with Crippen LogP contribution in [0.25, 0.3) is 0 Å². The van der Waals surface area contributed by atoms with Crippen molar-refractivity contribution in [2.75, 3.05) is 6.61 Å². The molecule has 1 rings (SSSR count). The number of aryl methyl sites for hydroxylation is 1. The van der Waals surface area contributed by atoms with Gasteiger partial charge < -0.3 is 20.1 Å². The Morgan fingerprint density at radius 3 is 2.37 bits per heavy atom. The number of aliphatic hydroxyl groups is 3. The second-order valence-corrected chi connectivity index (χ2v) is 4.11. The van der Waals surface area contributed by atoms with E-state index in [1.807, 2.05) is 6.92 Å². The Morgan fingerprint density at radius 2 is 1.89 bits per heavy atom. The van der Waals surface area contributed by atoms with Crippen molar-refractivity contribution in [1.82, 2.24) is 0 Å². The van der Waals surface area contributed by atoms with Crippen LogP contribution in [0.15, 0.2) is 24.3 Å². The molecule has 0 aromatic heterocycles. The van der Waals surface area contributed by atoms with Gasteiger partial charge in [-0.2, -0.15) is 0 Å². The molecule has 1 aromatic rings. The number of aliphatic hydroxyl groups excluding tert-OH is 3. The first-order valence-corrected chi connectivity index (χ1v) is 5.69. The largest absolute Gasteiger partial charge is 0.448 e. The van der Waals surface area contributed by atoms with E-state index in [4.69, 9.17) is 9.84 Å². The van der Waals surface area contributed by atoms with Gasteiger partial charge in [0.05, 0.1) is 12.2 Å². The SMILES string of the molecule is Cc1ccc(C(=O)O[C@@H](C=O)[C@H](O)[C@H](O)CO)cc1. The van der Waals surface area contributed by atoms with Gasteiger partial charge >= 0.3 is 5.97 Å². The van der Waals surface area contributed by atoms with E-state index in [0.717, 1.165) is 5.56 Å². The lowest BCUT2D eigenvalue weighted by molar-refractivity contribution is -0.129. The van der Waals surface area contributed by atoms with Gasteiger partial charge in [-0.15, -0.1) is 0 Å². The zero-order chi connectivity index (χ0) is 14.4. The van der Waals surface area contributed by atoms with E-state index in [1.165, 1.54) is 12.1 Å². The van der Waals surface area contributed by atoms with Gasteiger partial charge in [0.15, 0.2) is 12.4 Å². The fraction of sp³-hybridized carbons (Fsp3) is 0.385. The molecule has 104 valence electrons. The summed E-state index contributed by atoms with van der Waals surface area (Å²) in [4.78, 5) is 22.5. The minimum Gasteiger partial charge on any atom is -0.448 e. The van der Waals surface area contributed by atoms with Crippen LogP contribution in [0.2, 0.25) is 0 Å². The van der Waals surface area contributed by atoms with Crippen molar-refractivity contribution < 1.29 is 29.6 Å². The van der Waals surface area contributed by atoms with Gasteiger partial charge in [-0.05, 0) is 19.1 Å². The molecular weight excluding hydrogens is 252 g/mol. The van der Waals surface area contributed by atoms with Gasteiger partial charge in [-0.1, -0.05) is 17.7 Å². The number of aldehydes is 1. The van der Waals surface area contributed by atoms with E-state index >= 15 is 0 Å². The second kappa shape index (κ2) is 6.98. The summed E-state index contributed by atoms with van der Waals surface area (Å²) in [7, 11) is 0. The molecule has 3 N–H and O–H groups in total. The molecule has 0 aliphatic heterocycles. The van der Waals surface area contributed by atoms with Crippen molar-refractivity contribution in [3.05, 3.63) is 35.4 Å². The molecule has 0 aliphatic rings. The zero-order valence-corrected chi connectivity index (χ0v) is 10.4. The molecule has 0 bridgehead atoms. The highest BCUT2D eigenvalue weighted by molar-refractivity contribution is 5.90. The minimum atomic E-state index is -1.67. The molecule has 0 unspecified atom stereocenters. The van der Waals surface area contributed by atoms with Crippen LogP contribution in [-0.2, 0) is 9.53 Å². The van der Waals surface area contributed by atoms with Crippen molar-refractivity contribution in [2.24, 2.45) is 0 Å². The average molecular weight is 268 g/mol. The van der Waals surface area contributed by atoms with E-state index in [2.05, 4.69) is 0 Å². The molecule has 0 radical (unpaired) electrons. The Kier molecular flexibility index (Phi) is 5.62. The molecule has 0 saturated carbocycles. The molecule has 0 spiro atoms. The molecule has 0 heterocycles. The zero-order valence-electron chi connectivity index (χ0n) is 10.4. The molecule has 0 aliphatic carbocycles. The summed E-state index contributed by atoms with van der Waals surface area (Å²) >= 11 is 0. The van der Waals surface area contributed by atoms with E-state index in [-0.39, 0.29) is 11.8 Å². The summed E-state index contributed by atoms with van der Waals surface area (Å²) in [6, 6.07) is 6.44. The number of carbonyl (C=O) groups excluding carboxylic acids is 2. The highest BCUT2D eigenvalue weighted by Crippen LogP contribution is 2.09. The van der Waals surface area contributed by atoms with Crippen molar-refractivity contribution in [1.29, 1.82) is 0 Å². The molecule has 6 nitrogen and oxygen atoms in total. The molecule has 0 fully saturated rings. The average Bonchev–Trinajstić information content (AvgIpc) is 2.43. The van der Waals surface area contributed by atoms with E-state index in [0.29, 0.717) is 0 Å². The maximum atomic E-state index is 11.7. The van der Waals surface area contributed by atoms with Gasteiger partial charge in [0.1, 0.15) is 12.2 Å². The predicted molar refractivity (Wildman–Crippen MR) is 65.5 cm³/mol. The fourth-order valence-electron chi connectivity index (χ4n) is 1.39. The van der Waals surface area contributed by atoms with Crippen molar-refractivity contribution >= 4 is 12.3 Å². The van der Waals surface area contributed by atoms with Crippen molar-refractivity contribution in [2.45, 2.75) is 25.2 Å². The lowest BCUT2D eigenvalue weighted by Crippen LogP contribution is -2.42. The topological polar surface area (TPSA) is 104 Å². The second-order valence-electron chi connectivity index (χ2n) is 4.11. The van der Waals surface area contributed by atoms with Crippen LogP contribution in [0.3, 0.4) is 0 Å². The third kappa shape index (κ3) is 4.13. The number of ether oxygens (including phenoxy) is 1. The molecule has 6 heteroatoms. The highest BCUT2D eigenvalue weighted by Gasteiger charge is 2.29. The van der Waals surface area contributed by atoms with E-state index in [1.54, 1.807) is 12.1 Å². The summed E-state index contributed by atoms with van der Waals surface area (Å²) in [5, 5.41) is 27.4. The number of benzene rings is 1. The van der Waals surface area contributed by atoms with Crippen LogP contribution in [0, 0.1) is 6.92 Å². The Morgan fingerprint density at radius 1 is 1.32 bits per heavy atom. The first-order valence-electron chi connectivity index (χ1n) is 5.69. The number of carbonyl (C=O) groups is 2. The molecule has 3 atom stereocenters. The molecule has 19 heavy (non-hydrogen) atoms. The van der Waals surface area contributed by atoms with Crippen LogP contribution in [0.4, 0.5) is 0 Å². The molecule has 1 aromatic carbocycles. The van der Waals surface area contributed by atoms with Gasteiger partial charge in [-0.25, -0.2) is 4.79 Å². The normalized spacial score (nSPS) is 15.4. The van der Waals surface area contributed by atoms with Gasteiger partial charge in [0, 0.05) is 0 Å². The first kappa shape index (κ1) is 15.3. The van der Waals surface area contributed by atoms with Crippen LogP contribution >= 0.6 is 0 Å². The lowest BCUT2D eigenvalue weighted by atomic mass is 10.1. The summed E-state index contributed by atoms with van der Waals surface area (Å²) in [5.74, 6) is -0.790. The smallest absolute Gasteiger partial charge is 0.338 e. The Hall–Kier alpha value is -1.76. The third-order valence-electron chi connectivity index (χ3n) is 2.58. The summed E-state index contributed by atoms with van der Waals surface area (Å²) in [6.07, 6.45) is -4.55. The lowest BCUT2D eigenvalue weighted by Gasteiger charge is -2.21. The molecular formula is C13H16O6. The quantitative estimate of drug-likeness (QED) is 0.471. The highest BCUT2D eigenvalue weighted by atomic mass is 16.6. The number of hydrogen-bond acceptors (Lipinski definition) is 6. The van der Waals surface area contributed by atoms with Crippen molar-refractivity contribution in [3.8, 4) is 0 Å². The minimum absolute atomic E-state index is 0.204.